The zero-order chi connectivity index (χ0) is 18.4. The number of carbonyl (C=O) groups excluding carboxylic acids is 1. The number of hydrogen-bond donors (Lipinski definition) is 1. The molecular weight excluding hydrogens is 340 g/mol. The van der Waals surface area contributed by atoms with Gasteiger partial charge in [0.25, 0.3) is 0 Å². The minimum absolute atomic E-state index is 0.00365. The minimum Gasteiger partial charge on any atom is -0.491 e. The summed E-state index contributed by atoms with van der Waals surface area (Å²) in [6, 6.07) is 7.67. The number of rotatable bonds is 7. The molecule has 7 heteroatoms. The van der Waals surface area contributed by atoms with Crippen LogP contribution in [0.15, 0.2) is 24.3 Å². The first-order valence-corrected chi connectivity index (χ1v) is 10.4. The highest BCUT2D eigenvalue weighted by Gasteiger charge is 2.29. The van der Waals surface area contributed by atoms with Crippen molar-refractivity contribution in [3.05, 3.63) is 29.8 Å². The summed E-state index contributed by atoms with van der Waals surface area (Å²) in [6.45, 7) is 6.92. The molecule has 0 unspecified atom stereocenters. The smallest absolute Gasteiger partial charge is 0.223 e. The van der Waals surface area contributed by atoms with Gasteiger partial charge < -0.3 is 10.1 Å². The lowest BCUT2D eigenvalue weighted by Crippen LogP contribution is -2.43. The molecule has 0 saturated carbocycles. The monoisotopic (exact) mass is 368 g/mol. The summed E-state index contributed by atoms with van der Waals surface area (Å²) in [4.78, 5) is 12.3. The molecule has 1 amide bonds. The van der Waals surface area contributed by atoms with Gasteiger partial charge in [-0.05, 0) is 51.3 Å². The summed E-state index contributed by atoms with van der Waals surface area (Å²) in [5.74, 6) is 0.804. The molecule has 6 nitrogen and oxygen atoms in total. The fourth-order valence-electron chi connectivity index (χ4n) is 2.87. The van der Waals surface area contributed by atoms with E-state index >= 15 is 0 Å². The number of nitrogens with zero attached hydrogens (tertiary/aromatic N) is 1. The standard InChI is InChI=1S/C18H28N2O4S/c1-4-25(22,23)20-11-9-16(10-12-20)18(21)19-13-15-5-7-17(8-6-15)24-14(2)3/h5-8,14,16H,4,9-13H2,1-3H3,(H,19,21). The third-order valence-corrected chi connectivity index (χ3v) is 6.23. The van der Waals surface area contributed by atoms with Crippen LogP contribution in [0.25, 0.3) is 0 Å². The number of sulfonamides is 1. The molecule has 1 aromatic carbocycles. The summed E-state index contributed by atoms with van der Waals surface area (Å²) in [5, 5.41) is 2.95. The third kappa shape index (κ3) is 5.71. The van der Waals surface area contributed by atoms with E-state index in [1.54, 1.807) is 6.92 Å². The van der Waals surface area contributed by atoms with Crippen LogP contribution in [-0.2, 0) is 21.4 Å². The maximum absolute atomic E-state index is 12.3. The van der Waals surface area contributed by atoms with E-state index in [1.165, 1.54) is 4.31 Å². The van der Waals surface area contributed by atoms with E-state index in [9.17, 15) is 13.2 Å². The zero-order valence-electron chi connectivity index (χ0n) is 15.2. The van der Waals surface area contributed by atoms with Gasteiger partial charge in [-0.15, -0.1) is 0 Å². The summed E-state index contributed by atoms with van der Waals surface area (Å²) in [6.07, 6.45) is 1.28. The van der Waals surface area contributed by atoms with Crippen molar-refractivity contribution in [1.29, 1.82) is 0 Å². The van der Waals surface area contributed by atoms with Gasteiger partial charge in [0.15, 0.2) is 0 Å². The van der Waals surface area contributed by atoms with Crippen molar-refractivity contribution in [2.75, 3.05) is 18.8 Å². The topological polar surface area (TPSA) is 75.7 Å². The predicted octanol–water partition coefficient (Wildman–Crippen LogP) is 2.15. The lowest BCUT2D eigenvalue weighted by molar-refractivity contribution is -0.126. The van der Waals surface area contributed by atoms with Gasteiger partial charge in [0.05, 0.1) is 11.9 Å². The zero-order valence-corrected chi connectivity index (χ0v) is 16.0. The van der Waals surface area contributed by atoms with Gasteiger partial charge in [-0.1, -0.05) is 12.1 Å². The molecule has 0 radical (unpaired) electrons. The lowest BCUT2D eigenvalue weighted by Gasteiger charge is -2.30. The average Bonchev–Trinajstić information content (AvgIpc) is 2.60. The van der Waals surface area contributed by atoms with Crippen molar-refractivity contribution in [2.24, 2.45) is 5.92 Å². The first-order valence-electron chi connectivity index (χ1n) is 8.83. The number of hydrogen-bond acceptors (Lipinski definition) is 4. The van der Waals surface area contributed by atoms with Crippen LogP contribution in [0.4, 0.5) is 0 Å². The molecule has 0 bridgehead atoms. The van der Waals surface area contributed by atoms with Crippen molar-refractivity contribution >= 4 is 15.9 Å². The highest BCUT2D eigenvalue weighted by Crippen LogP contribution is 2.20. The first kappa shape index (κ1) is 19.7. The van der Waals surface area contributed by atoms with Crippen molar-refractivity contribution in [2.45, 2.75) is 46.3 Å². The molecule has 25 heavy (non-hydrogen) atoms. The van der Waals surface area contributed by atoms with Crippen LogP contribution in [0.2, 0.25) is 0 Å². The van der Waals surface area contributed by atoms with Gasteiger partial charge in [-0.2, -0.15) is 0 Å². The molecule has 1 aliphatic rings. The van der Waals surface area contributed by atoms with Crippen LogP contribution < -0.4 is 10.1 Å². The van der Waals surface area contributed by atoms with Gasteiger partial charge >= 0.3 is 0 Å². The Kier molecular flexibility index (Phi) is 6.84. The fourth-order valence-corrected chi connectivity index (χ4v) is 4.00. The second-order valence-electron chi connectivity index (χ2n) is 6.60. The lowest BCUT2D eigenvalue weighted by atomic mass is 9.97. The summed E-state index contributed by atoms with van der Waals surface area (Å²) in [5.41, 5.74) is 1.01. The normalized spacial score (nSPS) is 16.8. The average molecular weight is 368 g/mol. The highest BCUT2D eigenvalue weighted by atomic mass is 32.2. The second kappa shape index (κ2) is 8.67. The highest BCUT2D eigenvalue weighted by molar-refractivity contribution is 7.89. The molecule has 2 rings (SSSR count). The molecule has 1 heterocycles. The van der Waals surface area contributed by atoms with Crippen molar-refractivity contribution < 1.29 is 17.9 Å². The van der Waals surface area contributed by atoms with E-state index in [0.29, 0.717) is 32.5 Å². The van der Waals surface area contributed by atoms with Crippen molar-refractivity contribution in [3.8, 4) is 5.75 Å². The molecule has 1 aliphatic heterocycles. The van der Waals surface area contributed by atoms with Gasteiger partial charge in [0.2, 0.25) is 15.9 Å². The maximum Gasteiger partial charge on any atom is 0.223 e. The Morgan fingerprint density at radius 1 is 1.24 bits per heavy atom. The molecule has 0 atom stereocenters. The molecule has 0 spiro atoms. The first-order chi connectivity index (χ1) is 11.8. The number of nitrogens with one attached hydrogen (secondary N) is 1. The summed E-state index contributed by atoms with van der Waals surface area (Å²) < 4.78 is 30.8. The van der Waals surface area contributed by atoms with Gasteiger partial charge in [-0.25, -0.2) is 12.7 Å². The Labute approximate surface area is 150 Å². The number of carbonyl (C=O) groups is 1. The number of benzene rings is 1. The van der Waals surface area contributed by atoms with Crippen LogP contribution in [0.1, 0.15) is 39.2 Å². The van der Waals surface area contributed by atoms with E-state index < -0.39 is 10.0 Å². The molecule has 1 fully saturated rings. The number of piperidine rings is 1. The quantitative estimate of drug-likeness (QED) is 0.800. The van der Waals surface area contributed by atoms with E-state index in [0.717, 1.165) is 11.3 Å². The molecule has 1 saturated heterocycles. The second-order valence-corrected chi connectivity index (χ2v) is 8.86. The van der Waals surface area contributed by atoms with Crippen LogP contribution >= 0.6 is 0 Å². The van der Waals surface area contributed by atoms with Gasteiger partial charge in [0.1, 0.15) is 5.75 Å². The molecule has 0 aliphatic carbocycles. The van der Waals surface area contributed by atoms with Crippen molar-refractivity contribution in [1.82, 2.24) is 9.62 Å². The largest absolute Gasteiger partial charge is 0.491 e. The van der Waals surface area contributed by atoms with Crippen molar-refractivity contribution in [3.63, 3.8) is 0 Å². The molecule has 0 aromatic heterocycles. The number of ether oxygens (including phenoxy) is 1. The molecule has 1 aromatic rings. The van der Waals surface area contributed by atoms with Crippen LogP contribution in [0.5, 0.6) is 5.75 Å². The van der Waals surface area contributed by atoms with Crippen LogP contribution in [0.3, 0.4) is 0 Å². The molecule has 1 N–H and O–H groups in total. The van der Waals surface area contributed by atoms with Gasteiger partial charge in [-0.3, -0.25) is 4.79 Å². The predicted molar refractivity (Wildman–Crippen MR) is 97.8 cm³/mol. The van der Waals surface area contributed by atoms with E-state index in [1.807, 2.05) is 38.1 Å². The fraction of sp³-hybridized carbons (Fsp3) is 0.611. The van der Waals surface area contributed by atoms with Crippen LogP contribution in [0, 0.1) is 5.92 Å². The molecular formula is C18H28N2O4S. The summed E-state index contributed by atoms with van der Waals surface area (Å²) >= 11 is 0. The van der Waals surface area contributed by atoms with Gasteiger partial charge in [0, 0.05) is 25.6 Å². The van der Waals surface area contributed by atoms with E-state index in [4.69, 9.17) is 4.74 Å². The third-order valence-electron chi connectivity index (χ3n) is 4.34. The van der Waals surface area contributed by atoms with E-state index in [-0.39, 0.29) is 23.7 Å². The Hall–Kier alpha value is -1.60. The SMILES string of the molecule is CCS(=O)(=O)N1CCC(C(=O)NCc2ccc(OC(C)C)cc2)CC1. The number of amides is 1. The minimum atomic E-state index is -3.15. The Morgan fingerprint density at radius 3 is 2.36 bits per heavy atom. The van der Waals surface area contributed by atoms with E-state index in [2.05, 4.69) is 5.32 Å². The summed E-state index contributed by atoms with van der Waals surface area (Å²) in [7, 11) is -3.15. The van der Waals surface area contributed by atoms with Crippen LogP contribution in [-0.4, -0.2) is 43.6 Å². The Morgan fingerprint density at radius 2 is 1.84 bits per heavy atom. The maximum atomic E-state index is 12.3. The Balaban J connectivity index is 1.79. The molecule has 140 valence electrons. The Bertz CT molecular complexity index is 663.